The second kappa shape index (κ2) is 5.06. The minimum absolute atomic E-state index is 0.168. The second-order valence-electron chi connectivity index (χ2n) is 2.36. The molecule has 0 aromatic carbocycles. The van der Waals surface area contributed by atoms with Crippen LogP contribution in [0.5, 0.6) is 0 Å². The first-order valence-electron chi connectivity index (χ1n) is 3.38. The number of nitrogens with two attached hydrogens (primary N) is 1. The van der Waals surface area contributed by atoms with Gasteiger partial charge in [0, 0.05) is 0 Å². The van der Waals surface area contributed by atoms with Crippen molar-refractivity contribution in [3.63, 3.8) is 0 Å². The van der Waals surface area contributed by atoms with E-state index in [2.05, 4.69) is 0 Å². The first-order chi connectivity index (χ1) is 5.04. The second-order valence-corrected chi connectivity index (χ2v) is 2.36. The van der Waals surface area contributed by atoms with Crippen LogP contribution in [0.1, 0.15) is 19.3 Å². The highest BCUT2D eigenvalue weighted by Crippen LogP contribution is 2.00. The summed E-state index contributed by atoms with van der Waals surface area (Å²) in [5.74, 6) is -1.06. The minimum atomic E-state index is -1.36. The van der Waals surface area contributed by atoms with Crippen LogP contribution in [-0.4, -0.2) is 33.6 Å². The number of carbonyl (C=O) groups is 1. The van der Waals surface area contributed by atoms with Gasteiger partial charge in [-0.1, -0.05) is 0 Å². The van der Waals surface area contributed by atoms with E-state index in [0.717, 1.165) is 0 Å². The zero-order chi connectivity index (χ0) is 8.85. The molecule has 66 valence electrons. The standard InChI is InChI=1S/C6H13NO4/c7-4(6(10)11)2-1-3-5(8)9/h4-5,8-9H,1-3,7H2,(H,10,11). The molecule has 1 atom stereocenters. The maximum atomic E-state index is 10.1. The molecular weight excluding hydrogens is 150 g/mol. The van der Waals surface area contributed by atoms with Crippen molar-refractivity contribution in [2.24, 2.45) is 5.73 Å². The van der Waals surface area contributed by atoms with Gasteiger partial charge in [0.15, 0.2) is 6.29 Å². The third-order valence-electron chi connectivity index (χ3n) is 1.29. The van der Waals surface area contributed by atoms with Gasteiger partial charge in [-0.2, -0.15) is 0 Å². The molecule has 5 N–H and O–H groups in total. The number of aliphatic hydroxyl groups is 2. The molecule has 0 fully saturated rings. The molecule has 0 rings (SSSR count). The van der Waals surface area contributed by atoms with E-state index in [1.165, 1.54) is 0 Å². The van der Waals surface area contributed by atoms with Crippen molar-refractivity contribution in [3.05, 3.63) is 0 Å². The normalized spacial score (nSPS) is 13.5. The average Bonchev–Trinajstić information content (AvgIpc) is 1.86. The molecule has 0 aliphatic rings. The van der Waals surface area contributed by atoms with Crippen LogP contribution >= 0.6 is 0 Å². The Labute approximate surface area is 64.4 Å². The lowest BCUT2D eigenvalue weighted by Gasteiger charge is -2.06. The maximum Gasteiger partial charge on any atom is 0.320 e. The van der Waals surface area contributed by atoms with Crippen molar-refractivity contribution in [1.29, 1.82) is 0 Å². The highest BCUT2D eigenvalue weighted by atomic mass is 16.5. The fourth-order valence-corrected chi connectivity index (χ4v) is 0.644. The third-order valence-corrected chi connectivity index (χ3v) is 1.29. The highest BCUT2D eigenvalue weighted by Gasteiger charge is 2.10. The summed E-state index contributed by atoms with van der Waals surface area (Å²) in [6.45, 7) is 0. The summed E-state index contributed by atoms with van der Waals surface area (Å²) in [5.41, 5.74) is 5.14. The molecule has 5 heteroatoms. The van der Waals surface area contributed by atoms with Gasteiger partial charge in [0.1, 0.15) is 6.04 Å². The van der Waals surface area contributed by atoms with Crippen LogP contribution in [0, 0.1) is 0 Å². The molecule has 0 bridgehead atoms. The van der Waals surface area contributed by atoms with E-state index in [4.69, 9.17) is 21.1 Å². The molecule has 0 spiro atoms. The number of hydrogen-bond acceptors (Lipinski definition) is 4. The maximum absolute atomic E-state index is 10.1. The van der Waals surface area contributed by atoms with Crippen molar-refractivity contribution < 1.29 is 20.1 Å². The van der Waals surface area contributed by atoms with Gasteiger partial charge in [0.05, 0.1) is 0 Å². The summed E-state index contributed by atoms with van der Waals surface area (Å²) < 4.78 is 0. The zero-order valence-corrected chi connectivity index (χ0v) is 6.10. The van der Waals surface area contributed by atoms with E-state index in [9.17, 15) is 4.79 Å². The zero-order valence-electron chi connectivity index (χ0n) is 6.10. The van der Waals surface area contributed by atoms with Crippen molar-refractivity contribution >= 4 is 5.97 Å². The van der Waals surface area contributed by atoms with E-state index in [0.29, 0.717) is 6.42 Å². The molecule has 0 aromatic heterocycles. The topological polar surface area (TPSA) is 104 Å². The van der Waals surface area contributed by atoms with Crippen LogP contribution in [0.2, 0.25) is 0 Å². The predicted octanol–water partition coefficient (Wildman–Crippen LogP) is -1.12. The van der Waals surface area contributed by atoms with E-state index >= 15 is 0 Å². The van der Waals surface area contributed by atoms with Gasteiger partial charge >= 0.3 is 5.97 Å². The van der Waals surface area contributed by atoms with E-state index in [-0.39, 0.29) is 12.8 Å². The van der Waals surface area contributed by atoms with Gasteiger partial charge in [-0.15, -0.1) is 0 Å². The Hall–Kier alpha value is -0.650. The summed E-state index contributed by atoms with van der Waals surface area (Å²) in [4.78, 5) is 10.1. The Balaban J connectivity index is 3.31. The van der Waals surface area contributed by atoms with Crippen LogP contribution in [-0.2, 0) is 4.79 Å². The molecule has 0 aliphatic carbocycles. The highest BCUT2D eigenvalue weighted by molar-refractivity contribution is 5.72. The Morgan fingerprint density at radius 3 is 2.27 bits per heavy atom. The van der Waals surface area contributed by atoms with Crippen LogP contribution in [0.4, 0.5) is 0 Å². The molecule has 0 aliphatic heterocycles. The van der Waals surface area contributed by atoms with Gasteiger partial charge in [0.25, 0.3) is 0 Å². The van der Waals surface area contributed by atoms with E-state index in [1.54, 1.807) is 0 Å². The average molecular weight is 163 g/mol. The summed E-state index contributed by atoms with van der Waals surface area (Å²) in [6.07, 6.45) is -0.519. The monoisotopic (exact) mass is 163 g/mol. The molecule has 0 aromatic rings. The Bertz CT molecular complexity index is 126. The van der Waals surface area contributed by atoms with E-state index < -0.39 is 18.3 Å². The Morgan fingerprint density at radius 2 is 1.91 bits per heavy atom. The third kappa shape index (κ3) is 5.78. The summed E-state index contributed by atoms with van der Waals surface area (Å²) >= 11 is 0. The number of aliphatic hydroxyl groups excluding tert-OH is 1. The lowest BCUT2D eigenvalue weighted by atomic mass is 10.1. The molecule has 0 amide bonds. The lowest BCUT2D eigenvalue weighted by Crippen LogP contribution is -2.30. The number of aliphatic carboxylic acids is 1. The lowest BCUT2D eigenvalue weighted by molar-refractivity contribution is -0.138. The van der Waals surface area contributed by atoms with Gasteiger partial charge in [-0.25, -0.2) is 0 Å². The molecule has 0 saturated heterocycles. The van der Waals surface area contributed by atoms with Crippen molar-refractivity contribution in [3.8, 4) is 0 Å². The van der Waals surface area contributed by atoms with Gasteiger partial charge in [-0.3, -0.25) is 4.79 Å². The number of carboxylic acids is 1. The summed E-state index contributed by atoms with van der Waals surface area (Å²) in [7, 11) is 0. The SMILES string of the molecule is NC(CCCC(O)O)C(=O)O. The van der Waals surface area contributed by atoms with Crippen molar-refractivity contribution in [2.45, 2.75) is 31.6 Å². The van der Waals surface area contributed by atoms with Gasteiger partial charge in [0.2, 0.25) is 0 Å². The summed E-state index contributed by atoms with van der Waals surface area (Å²) in [5, 5.41) is 25.0. The molecule has 0 radical (unpaired) electrons. The van der Waals surface area contributed by atoms with Gasteiger partial charge < -0.3 is 21.1 Å². The first kappa shape index (κ1) is 10.3. The van der Waals surface area contributed by atoms with E-state index in [1.807, 2.05) is 0 Å². The largest absolute Gasteiger partial charge is 0.480 e. The summed E-state index contributed by atoms with van der Waals surface area (Å²) in [6, 6.07) is -0.895. The quantitative estimate of drug-likeness (QED) is 0.384. The molecule has 5 nitrogen and oxygen atoms in total. The molecule has 0 saturated carbocycles. The fraction of sp³-hybridized carbons (Fsp3) is 0.833. The number of rotatable bonds is 5. The molecule has 11 heavy (non-hydrogen) atoms. The van der Waals surface area contributed by atoms with Crippen molar-refractivity contribution in [2.75, 3.05) is 0 Å². The predicted molar refractivity (Wildman–Crippen MR) is 37.7 cm³/mol. The van der Waals surface area contributed by atoms with Crippen LogP contribution in [0.3, 0.4) is 0 Å². The number of hydrogen-bond donors (Lipinski definition) is 4. The first-order valence-corrected chi connectivity index (χ1v) is 3.38. The number of carboxylic acid groups (broad SMARTS) is 1. The van der Waals surface area contributed by atoms with Crippen LogP contribution in [0.25, 0.3) is 0 Å². The van der Waals surface area contributed by atoms with Gasteiger partial charge in [-0.05, 0) is 19.3 Å². The molecular formula is C6H13NO4. The fourth-order valence-electron chi connectivity index (χ4n) is 0.644. The van der Waals surface area contributed by atoms with Crippen LogP contribution < -0.4 is 5.73 Å². The smallest absolute Gasteiger partial charge is 0.320 e. The van der Waals surface area contributed by atoms with Crippen molar-refractivity contribution in [1.82, 2.24) is 0 Å². The molecule has 1 unspecified atom stereocenters. The molecule has 0 heterocycles. The Kier molecular flexibility index (Phi) is 4.76. The minimum Gasteiger partial charge on any atom is -0.480 e. The van der Waals surface area contributed by atoms with Crippen LogP contribution in [0.15, 0.2) is 0 Å². The Morgan fingerprint density at radius 1 is 1.36 bits per heavy atom.